The number of carbonyl (C=O) groups excluding carboxylic acids is 3. The average Bonchev–Trinajstić information content (AvgIpc) is 3.04. The third kappa shape index (κ3) is 3.26. The van der Waals surface area contributed by atoms with E-state index in [1.807, 2.05) is 50.3 Å². The van der Waals surface area contributed by atoms with Crippen LogP contribution < -0.4 is 4.90 Å². The van der Waals surface area contributed by atoms with Gasteiger partial charge in [-0.05, 0) is 38.0 Å². The molecule has 1 aromatic rings. The lowest BCUT2D eigenvalue weighted by molar-refractivity contribution is -0.152. The largest absolute Gasteiger partial charge is 0.461 e. The summed E-state index contributed by atoms with van der Waals surface area (Å²) in [6, 6.07) is 4.65. The normalized spacial score (nSPS) is 34.5. The summed E-state index contributed by atoms with van der Waals surface area (Å²) >= 11 is 8.03. The molecule has 7 nitrogen and oxygen atoms in total. The van der Waals surface area contributed by atoms with Crippen LogP contribution in [-0.2, 0) is 19.1 Å². The molecule has 1 N–H and O–H groups in total. The molecule has 0 aliphatic carbocycles. The molecule has 0 bridgehead atoms. The highest BCUT2D eigenvalue weighted by Gasteiger charge is 2.74. The molecule has 34 heavy (non-hydrogen) atoms. The summed E-state index contributed by atoms with van der Waals surface area (Å²) in [4.78, 5) is 44.5. The Bertz CT molecular complexity index is 1100. The van der Waals surface area contributed by atoms with Gasteiger partial charge in [0.15, 0.2) is 0 Å². The van der Waals surface area contributed by atoms with Crippen LogP contribution >= 0.6 is 23.4 Å². The highest BCUT2D eigenvalue weighted by Crippen LogP contribution is 2.65. The van der Waals surface area contributed by atoms with E-state index in [4.69, 9.17) is 16.3 Å². The van der Waals surface area contributed by atoms with E-state index in [0.29, 0.717) is 23.7 Å². The van der Waals surface area contributed by atoms with Crippen LogP contribution in [0.4, 0.5) is 5.69 Å². The Morgan fingerprint density at radius 2 is 1.97 bits per heavy atom. The maximum Gasteiger partial charge on any atom is 0.311 e. The number of aliphatic hydroxyl groups excluding tert-OH is 1. The van der Waals surface area contributed by atoms with Crippen LogP contribution in [0.15, 0.2) is 42.5 Å². The second-order valence-corrected chi connectivity index (χ2v) is 11.6. The van der Waals surface area contributed by atoms with E-state index in [1.165, 1.54) is 11.8 Å². The first-order valence-corrected chi connectivity index (χ1v) is 12.6. The molecule has 4 aliphatic rings. The van der Waals surface area contributed by atoms with Gasteiger partial charge in [-0.1, -0.05) is 42.0 Å². The van der Waals surface area contributed by atoms with E-state index in [9.17, 15) is 19.5 Å². The Morgan fingerprint density at radius 1 is 1.18 bits per heavy atom. The van der Waals surface area contributed by atoms with E-state index in [0.717, 1.165) is 5.56 Å². The fourth-order valence-electron chi connectivity index (χ4n) is 6.00. The van der Waals surface area contributed by atoms with Gasteiger partial charge in [0.1, 0.15) is 12.6 Å². The van der Waals surface area contributed by atoms with Crippen molar-refractivity contribution in [2.24, 2.45) is 11.8 Å². The number of amides is 2. The van der Waals surface area contributed by atoms with Crippen LogP contribution in [0.25, 0.3) is 0 Å². The van der Waals surface area contributed by atoms with Crippen molar-refractivity contribution in [1.82, 2.24) is 4.90 Å². The van der Waals surface area contributed by atoms with Gasteiger partial charge < -0.3 is 19.6 Å². The van der Waals surface area contributed by atoms with Gasteiger partial charge >= 0.3 is 5.97 Å². The number of hydrogen-bond acceptors (Lipinski definition) is 6. The molecule has 9 heteroatoms. The molecule has 1 aromatic carbocycles. The van der Waals surface area contributed by atoms with E-state index >= 15 is 0 Å². The number of thioether (sulfide) groups is 1. The quantitative estimate of drug-likeness (QED) is 0.503. The number of nitrogens with zero attached hydrogens (tertiary/aromatic N) is 2. The minimum Gasteiger partial charge on any atom is -0.461 e. The number of carbonyl (C=O) groups is 3. The summed E-state index contributed by atoms with van der Waals surface area (Å²) in [5, 5.41) is 9.95. The number of esters is 1. The van der Waals surface area contributed by atoms with Gasteiger partial charge in [-0.3, -0.25) is 14.4 Å². The van der Waals surface area contributed by atoms with Crippen molar-refractivity contribution in [2.75, 3.05) is 31.2 Å². The number of anilines is 1. The van der Waals surface area contributed by atoms with Crippen molar-refractivity contribution in [3.8, 4) is 0 Å². The van der Waals surface area contributed by atoms with Crippen LogP contribution in [0.1, 0.15) is 18.9 Å². The molecule has 2 fully saturated rings. The molecule has 5 atom stereocenters. The molecular formula is C25H27ClN2O5S. The highest BCUT2D eigenvalue weighted by molar-refractivity contribution is 8.02. The first-order valence-electron chi connectivity index (χ1n) is 11.5. The van der Waals surface area contributed by atoms with Gasteiger partial charge in [-0.2, -0.15) is 0 Å². The van der Waals surface area contributed by atoms with Crippen molar-refractivity contribution >= 4 is 46.8 Å². The summed E-state index contributed by atoms with van der Waals surface area (Å²) in [5.41, 5.74) is 1.48. The summed E-state index contributed by atoms with van der Waals surface area (Å²) in [5.74, 6) is -2.35. The number of aliphatic hydroxyl groups is 1. The number of likely N-dealkylation sites (tertiary alicyclic amines) is 1. The van der Waals surface area contributed by atoms with E-state index in [2.05, 4.69) is 0 Å². The first-order chi connectivity index (χ1) is 16.2. The zero-order valence-electron chi connectivity index (χ0n) is 19.1. The molecular weight excluding hydrogens is 476 g/mol. The second kappa shape index (κ2) is 8.43. The van der Waals surface area contributed by atoms with Crippen molar-refractivity contribution in [1.29, 1.82) is 0 Å². The molecule has 180 valence electrons. The Labute approximate surface area is 207 Å². The minimum atomic E-state index is -0.937. The van der Waals surface area contributed by atoms with Crippen LogP contribution in [0, 0.1) is 18.8 Å². The highest BCUT2D eigenvalue weighted by atomic mass is 35.5. The van der Waals surface area contributed by atoms with Crippen LogP contribution in [0.2, 0.25) is 5.02 Å². The standard InChI is InChI=1S/C25H27ClN2O5S/c1-15-7-3-8-16(26)19(15)27-11-4-10-25-17(18-23(32)33-14-5-9-24(18,2)34-25)21(30)28(12-6-13-29)20(25)22(27)31/h3-5,7-10,17-18,20,29H,6,11-14H2,1-2H3/t17-,18+,20?,24-,25-/m0/s1. The number of hydrogen-bond donors (Lipinski definition) is 1. The van der Waals surface area contributed by atoms with E-state index in [-0.39, 0.29) is 31.6 Å². The van der Waals surface area contributed by atoms with E-state index < -0.39 is 33.3 Å². The van der Waals surface area contributed by atoms with Gasteiger partial charge in [0.2, 0.25) is 5.91 Å². The maximum absolute atomic E-state index is 14.3. The molecule has 5 rings (SSSR count). The van der Waals surface area contributed by atoms with Crippen LogP contribution in [-0.4, -0.2) is 69.6 Å². The molecule has 2 saturated heterocycles. The summed E-state index contributed by atoms with van der Waals surface area (Å²) in [6.45, 7) is 4.44. The number of halogens is 1. The van der Waals surface area contributed by atoms with Gasteiger partial charge in [0.05, 0.1) is 27.3 Å². The lowest BCUT2D eigenvalue weighted by Gasteiger charge is -2.37. The van der Waals surface area contributed by atoms with Crippen LogP contribution in [0.5, 0.6) is 0 Å². The SMILES string of the molecule is Cc1cccc(Cl)c1N1CC=C[C@]23S[C@@]4(C)C=CCOC(=O)[C@H]4[C@H]2C(=O)N(CCCO)C3C1=O. The molecule has 0 radical (unpaired) electrons. The first kappa shape index (κ1) is 23.5. The number of cyclic esters (lactones) is 1. The molecule has 0 aromatic heterocycles. The van der Waals surface area contributed by atoms with Gasteiger partial charge in [-0.15, -0.1) is 11.8 Å². The van der Waals surface area contributed by atoms with Crippen molar-refractivity contribution in [2.45, 2.75) is 35.8 Å². The summed E-state index contributed by atoms with van der Waals surface area (Å²) in [7, 11) is 0. The van der Waals surface area contributed by atoms with E-state index in [1.54, 1.807) is 15.9 Å². The monoisotopic (exact) mass is 502 g/mol. The number of para-hydroxylation sites is 1. The zero-order chi connectivity index (χ0) is 24.3. The Balaban J connectivity index is 1.66. The fraction of sp³-hybridized carbons (Fsp3) is 0.480. The Kier molecular flexibility index (Phi) is 5.81. The average molecular weight is 503 g/mol. The number of ether oxygens (including phenoxy) is 1. The van der Waals surface area contributed by atoms with Gasteiger partial charge in [0.25, 0.3) is 5.91 Å². The third-order valence-electron chi connectivity index (χ3n) is 7.33. The topological polar surface area (TPSA) is 87.2 Å². The zero-order valence-corrected chi connectivity index (χ0v) is 20.6. The predicted molar refractivity (Wildman–Crippen MR) is 131 cm³/mol. The van der Waals surface area contributed by atoms with Crippen molar-refractivity contribution in [3.63, 3.8) is 0 Å². The maximum atomic E-state index is 14.3. The molecule has 4 aliphatic heterocycles. The second-order valence-electron chi connectivity index (χ2n) is 9.40. The lowest BCUT2D eigenvalue weighted by atomic mass is 9.75. The van der Waals surface area contributed by atoms with Crippen molar-refractivity contribution in [3.05, 3.63) is 53.1 Å². The van der Waals surface area contributed by atoms with Gasteiger partial charge in [-0.25, -0.2) is 0 Å². The lowest BCUT2D eigenvalue weighted by Crippen LogP contribution is -2.53. The summed E-state index contributed by atoms with van der Waals surface area (Å²) < 4.78 is 3.80. The number of aryl methyl sites for hydroxylation is 1. The molecule has 1 unspecified atom stereocenters. The molecule has 2 amide bonds. The predicted octanol–water partition coefficient (Wildman–Crippen LogP) is 2.73. The van der Waals surface area contributed by atoms with Gasteiger partial charge in [0, 0.05) is 24.4 Å². The Morgan fingerprint density at radius 3 is 2.71 bits per heavy atom. The van der Waals surface area contributed by atoms with Crippen LogP contribution in [0.3, 0.4) is 0 Å². The fourth-order valence-corrected chi connectivity index (χ4v) is 8.48. The molecule has 4 heterocycles. The summed E-state index contributed by atoms with van der Waals surface area (Å²) in [6.07, 6.45) is 7.96. The van der Waals surface area contributed by atoms with Crippen molar-refractivity contribution < 1.29 is 24.2 Å². The smallest absolute Gasteiger partial charge is 0.311 e. The number of rotatable bonds is 4. The molecule has 1 spiro atoms. The molecule has 0 saturated carbocycles. The third-order valence-corrected chi connectivity index (χ3v) is 9.43. The number of benzene rings is 1. The number of fused-ring (bicyclic) bond motifs is 2. The Hall–Kier alpha value is -2.29. The minimum absolute atomic E-state index is 0.107.